The normalized spacial score (nSPS) is 14.9. The molecule has 2 atom stereocenters. The van der Waals surface area contributed by atoms with Crippen molar-refractivity contribution in [2.24, 2.45) is 11.8 Å². The van der Waals surface area contributed by atoms with Crippen LogP contribution in [0.4, 0.5) is 0 Å². The van der Waals surface area contributed by atoms with Crippen LogP contribution in [0.5, 0.6) is 0 Å². The van der Waals surface area contributed by atoms with E-state index in [9.17, 15) is 4.79 Å². The molecule has 0 heterocycles. The van der Waals surface area contributed by atoms with Crippen LogP contribution < -0.4 is 0 Å². The maximum atomic E-state index is 10.7. The van der Waals surface area contributed by atoms with Crippen molar-refractivity contribution in [2.45, 2.75) is 65.9 Å². The molecule has 0 aromatic rings. The van der Waals surface area contributed by atoms with Gasteiger partial charge in [-0.3, -0.25) is 0 Å². The summed E-state index contributed by atoms with van der Waals surface area (Å²) in [6.45, 7) is 9.10. The van der Waals surface area contributed by atoms with Crippen LogP contribution in [0.25, 0.3) is 0 Å². The molecule has 0 saturated carbocycles. The van der Waals surface area contributed by atoms with Crippen molar-refractivity contribution in [1.29, 1.82) is 0 Å². The van der Waals surface area contributed by atoms with Crippen LogP contribution in [-0.2, 0) is 9.53 Å². The third-order valence-corrected chi connectivity index (χ3v) is 3.05. The molecule has 17 heavy (non-hydrogen) atoms. The van der Waals surface area contributed by atoms with Crippen molar-refractivity contribution in [3.05, 3.63) is 0 Å². The van der Waals surface area contributed by atoms with Crippen molar-refractivity contribution in [2.75, 3.05) is 6.61 Å². The fourth-order valence-corrected chi connectivity index (χ4v) is 1.79. The number of hydrogen-bond donors (Lipinski definition) is 1. The van der Waals surface area contributed by atoms with Crippen LogP contribution in [0.1, 0.15) is 59.8 Å². The third-order valence-electron chi connectivity index (χ3n) is 3.05. The summed E-state index contributed by atoms with van der Waals surface area (Å²) in [6, 6.07) is 0. The first-order chi connectivity index (χ1) is 7.97. The van der Waals surface area contributed by atoms with Crippen molar-refractivity contribution >= 4 is 5.97 Å². The van der Waals surface area contributed by atoms with Crippen LogP contribution in [0, 0.1) is 11.8 Å². The lowest BCUT2D eigenvalue weighted by atomic mass is 9.98. The van der Waals surface area contributed by atoms with Crippen LogP contribution >= 0.6 is 0 Å². The van der Waals surface area contributed by atoms with Gasteiger partial charge < -0.3 is 9.84 Å². The highest BCUT2D eigenvalue weighted by Crippen LogP contribution is 2.15. The Kier molecular flexibility index (Phi) is 9.14. The topological polar surface area (TPSA) is 46.5 Å². The van der Waals surface area contributed by atoms with Gasteiger partial charge in [0.2, 0.25) is 0 Å². The highest BCUT2D eigenvalue weighted by Gasteiger charge is 2.15. The van der Waals surface area contributed by atoms with E-state index in [4.69, 9.17) is 9.84 Å². The first kappa shape index (κ1) is 16.4. The Bertz CT molecular complexity index is 202. The molecule has 0 radical (unpaired) electrons. The minimum absolute atomic E-state index is 0.539. The Morgan fingerprint density at radius 2 is 1.82 bits per heavy atom. The van der Waals surface area contributed by atoms with Crippen LogP contribution in [-0.4, -0.2) is 23.8 Å². The van der Waals surface area contributed by atoms with E-state index in [2.05, 4.69) is 20.8 Å². The van der Waals surface area contributed by atoms with Crippen molar-refractivity contribution in [1.82, 2.24) is 0 Å². The van der Waals surface area contributed by atoms with Gasteiger partial charge in [-0.2, -0.15) is 0 Å². The molecule has 0 aliphatic carbocycles. The number of rotatable bonds is 10. The fraction of sp³-hybridized carbons (Fsp3) is 0.929. The van der Waals surface area contributed by atoms with Crippen molar-refractivity contribution < 1.29 is 14.6 Å². The Hall–Kier alpha value is -0.570. The van der Waals surface area contributed by atoms with E-state index >= 15 is 0 Å². The summed E-state index contributed by atoms with van der Waals surface area (Å²) in [7, 11) is 0. The number of ether oxygens (including phenoxy) is 1. The predicted molar refractivity (Wildman–Crippen MR) is 70.1 cm³/mol. The molecule has 3 nitrogen and oxygen atoms in total. The Balaban J connectivity index is 3.56. The Morgan fingerprint density at radius 1 is 1.18 bits per heavy atom. The van der Waals surface area contributed by atoms with Gasteiger partial charge in [0.15, 0.2) is 6.10 Å². The van der Waals surface area contributed by atoms with Gasteiger partial charge in [0.1, 0.15) is 0 Å². The molecule has 102 valence electrons. The lowest BCUT2D eigenvalue weighted by Crippen LogP contribution is -2.23. The van der Waals surface area contributed by atoms with Gasteiger partial charge in [0.25, 0.3) is 0 Å². The van der Waals surface area contributed by atoms with E-state index < -0.39 is 12.1 Å². The van der Waals surface area contributed by atoms with Crippen LogP contribution in [0.3, 0.4) is 0 Å². The molecule has 3 heteroatoms. The molecule has 0 amide bonds. The van der Waals surface area contributed by atoms with Crippen molar-refractivity contribution in [3.8, 4) is 0 Å². The number of hydrogen-bond acceptors (Lipinski definition) is 2. The second-order valence-corrected chi connectivity index (χ2v) is 5.32. The molecule has 0 bridgehead atoms. The van der Waals surface area contributed by atoms with Gasteiger partial charge in [-0.25, -0.2) is 4.79 Å². The molecule has 0 aliphatic heterocycles. The van der Waals surface area contributed by atoms with Crippen LogP contribution in [0.2, 0.25) is 0 Å². The number of carboxylic acids is 1. The minimum atomic E-state index is -0.847. The van der Waals surface area contributed by atoms with E-state index in [1.807, 2.05) is 6.92 Å². The smallest absolute Gasteiger partial charge is 0.332 e. The average Bonchev–Trinajstić information content (AvgIpc) is 2.23. The van der Waals surface area contributed by atoms with Gasteiger partial charge in [-0.05, 0) is 24.7 Å². The minimum Gasteiger partial charge on any atom is -0.479 e. The van der Waals surface area contributed by atoms with E-state index in [0.717, 1.165) is 12.3 Å². The van der Waals surface area contributed by atoms with Gasteiger partial charge in [-0.15, -0.1) is 0 Å². The predicted octanol–water partition coefficient (Wildman–Crippen LogP) is 3.72. The van der Waals surface area contributed by atoms with Gasteiger partial charge in [0.05, 0.1) is 0 Å². The first-order valence-corrected chi connectivity index (χ1v) is 6.81. The highest BCUT2D eigenvalue weighted by molar-refractivity contribution is 5.72. The monoisotopic (exact) mass is 244 g/mol. The Morgan fingerprint density at radius 3 is 2.29 bits per heavy atom. The molecule has 0 aliphatic rings. The maximum absolute atomic E-state index is 10.7. The third kappa shape index (κ3) is 9.16. The van der Waals surface area contributed by atoms with Gasteiger partial charge in [0, 0.05) is 6.61 Å². The second-order valence-electron chi connectivity index (χ2n) is 5.32. The molecule has 0 spiro atoms. The molecule has 2 unspecified atom stereocenters. The molecule has 0 rings (SSSR count). The molecule has 0 fully saturated rings. The van der Waals surface area contributed by atoms with Crippen molar-refractivity contribution in [3.63, 3.8) is 0 Å². The van der Waals surface area contributed by atoms with E-state index in [0.29, 0.717) is 18.9 Å². The number of carboxylic acid groups (broad SMARTS) is 1. The summed E-state index contributed by atoms with van der Waals surface area (Å²) >= 11 is 0. The lowest BCUT2D eigenvalue weighted by Gasteiger charge is -2.15. The lowest BCUT2D eigenvalue weighted by molar-refractivity contribution is -0.150. The maximum Gasteiger partial charge on any atom is 0.332 e. The summed E-state index contributed by atoms with van der Waals surface area (Å²) in [5.74, 6) is 0.551. The molecule has 0 aromatic carbocycles. The molecule has 1 N–H and O–H groups in total. The first-order valence-electron chi connectivity index (χ1n) is 6.81. The average molecular weight is 244 g/mol. The summed E-state index contributed by atoms with van der Waals surface area (Å²) in [4.78, 5) is 10.7. The number of carbonyl (C=O) groups is 1. The Labute approximate surface area is 106 Å². The van der Waals surface area contributed by atoms with E-state index in [1.165, 1.54) is 19.3 Å². The largest absolute Gasteiger partial charge is 0.479 e. The zero-order valence-corrected chi connectivity index (χ0v) is 11.7. The van der Waals surface area contributed by atoms with Gasteiger partial charge in [-0.1, -0.05) is 47.0 Å². The molecular weight excluding hydrogens is 216 g/mol. The van der Waals surface area contributed by atoms with E-state index in [1.54, 1.807) is 0 Å². The van der Waals surface area contributed by atoms with E-state index in [-0.39, 0.29) is 0 Å². The fourth-order valence-electron chi connectivity index (χ4n) is 1.79. The summed E-state index contributed by atoms with van der Waals surface area (Å²) < 4.78 is 5.35. The number of aliphatic carboxylic acids is 1. The standard InChI is InChI=1S/C14H28O3/c1-5-13(14(15)16)17-10-9-12(4)8-6-7-11(2)3/h11-13H,5-10H2,1-4H3,(H,15,16). The zero-order chi connectivity index (χ0) is 13.3. The summed E-state index contributed by atoms with van der Waals surface area (Å²) in [6.07, 6.45) is 4.62. The highest BCUT2D eigenvalue weighted by atomic mass is 16.5. The second kappa shape index (κ2) is 9.46. The quantitative estimate of drug-likeness (QED) is 0.637. The van der Waals surface area contributed by atoms with Gasteiger partial charge >= 0.3 is 5.97 Å². The zero-order valence-electron chi connectivity index (χ0n) is 11.7. The summed E-state index contributed by atoms with van der Waals surface area (Å²) in [5.41, 5.74) is 0. The van der Waals surface area contributed by atoms with Crippen LogP contribution in [0.15, 0.2) is 0 Å². The molecule has 0 saturated heterocycles. The molecular formula is C14H28O3. The molecule has 0 aromatic heterocycles. The SMILES string of the molecule is CCC(OCCC(C)CCCC(C)C)C(=O)O. The summed E-state index contributed by atoms with van der Waals surface area (Å²) in [5, 5.41) is 8.82.